The third kappa shape index (κ3) is 2.45. The number of anilines is 2. The second-order valence-electron chi connectivity index (χ2n) is 4.09. The van der Waals surface area contributed by atoms with Crippen LogP contribution in [0.2, 0.25) is 0 Å². The molecule has 1 aliphatic heterocycles. The number of nitrogens with one attached hydrogen (secondary N) is 1. The summed E-state index contributed by atoms with van der Waals surface area (Å²) in [6, 6.07) is -0.693. The number of carbonyl (C=O) groups is 1. The number of nitrogen functional groups attached to an aromatic ring is 1. The van der Waals surface area contributed by atoms with Gasteiger partial charge in [-0.25, -0.2) is 9.97 Å². The van der Waals surface area contributed by atoms with Crippen LogP contribution in [0.4, 0.5) is 17.3 Å². The lowest BCUT2D eigenvalue weighted by atomic mass is 10.2. The van der Waals surface area contributed by atoms with Crippen molar-refractivity contribution in [3.8, 4) is 0 Å². The van der Waals surface area contributed by atoms with Crippen molar-refractivity contribution in [1.82, 2.24) is 15.3 Å². The highest BCUT2D eigenvalue weighted by atomic mass is 16.6. The monoisotopic (exact) mass is 282 g/mol. The molecule has 1 aromatic rings. The largest absolute Gasteiger partial charge is 0.378 e. The summed E-state index contributed by atoms with van der Waals surface area (Å²) in [6.45, 7) is 0.769. The van der Waals surface area contributed by atoms with Crippen molar-refractivity contribution in [2.45, 2.75) is 6.04 Å². The Kier molecular flexibility index (Phi) is 3.94. The number of nitro groups is 1. The molecule has 1 aliphatic rings. The average Bonchev–Trinajstić information content (AvgIpc) is 2.45. The predicted molar refractivity (Wildman–Crippen MR) is 69.1 cm³/mol. The van der Waals surface area contributed by atoms with E-state index in [2.05, 4.69) is 15.3 Å². The summed E-state index contributed by atoms with van der Waals surface area (Å²) in [5.41, 5.74) is 5.13. The molecule has 10 nitrogen and oxygen atoms in total. The van der Waals surface area contributed by atoms with Crippen LogP contribution in [0.25, 0.3) is 0 Å². The molecular weight excluding hydrogens is 268 g/mol. The molecule has 1 saturated heterocycles. The normalized spacial score (nSPS) is 18.6. The molecule has 0 spiro atoms. The van der Waals surface area contributed by atoms with Gasteiger partial charge in [0.2, 0.25) is 17.5 Å². The molecule has 0 aliphatic carbocycles. The fourth-order valence-electron chi connectivity index (χ4n) is 2.01. The second-order valence-corrected chi connectivity index (χ2v) is 4.09. The number of likely N-dealkylation sites (N-methyl/N-ethyl adjacent to an activating group) is 1. The van der Waals surface area contributed by atoms with Crippen LogP contribution < -0.4 is 16.0 Å². The van der Waals surface area contributed by atoms with Crippen LogP contribution in [0.3, 0.4) is 0 Å². The summed E-state index contributed by atoms with van der Waals surface area (Å²) < 4.78 is 5.24. The summed E-state index contributed by atoms with van der Waals surface area (Å²) in [5.74, 6) is -0.516. The van der Waals surface area contributed by atoms with Crippen molar-refractivity contribution in [2.75, 3.05) is 37.4 Å². The van der Waals surface area contributed by atoms with Gasteiger partial charge in [0.25, 0.3) is 0 Å². The molecule has 0 bridgehead atoms. The Bertz CT molecular complexity index is 536. The van der Waals surface area contributed by atoms with E-state index in [1.807, 2.05) is 0 Å². The lowest BCUT2D eigenvalue weighted by molar-refractivity contribution is -0.383. The van der Waals surface area contributed by atoms with Crippen LogP contribution in [0.15, 0.2) is 6.33 Å². The maximum absolute atomic E-state index is 11.8. The molecule has 1 aromatic heterocycles. The summed E-state index contributed by atoms with van der Waals surface area (Å²) >= 11 is 0. The van der Waals surface area contributed by atoms with Crippen molar-refractivity contribution >= 4 is 23.2 Å². The molecule has 2 rings (SSSR count). The van der Waals surface area contributed by atoms with E-state index in [4.69, 9.17) is 10.5 Å². The Morgan fingerprint density at radius 3 is 3.05 bits per heavy atom. The van der Waals surface area contributed by atoms with Crippen LogP contribution in [0.1, 0.15) is 0 Å². The van der Waals surface area contributed by atoms with Gasteiger partial charge in [0.15, 0.2) is 0 Å². The molecule has 2 heterocycles. The SMILES string of the molecule is CNC(=O)C1COCCN1c1ncnc(N)c1[N+](=O)[O-]. The van der Waals surface area contributed by atoms with Crippen LogP contribution in [0.5, 0.6) is 0 Å². The summed E-state index contributed by atoms with van der Waals surface area (Å²) in [4.78, 5) is 31.3. The molecule has 1 amide bonds. The van der Waals surface area contributed by atoms with Gasteiger partial charge in [0.1, 0.15) is 12.4 Å². The van der Waals surface area contributed by atoms with Gasteiger partial charge in [-0.1, -0.05) is 0 Å². The van der Waals surface area contributed by atoms with E-state index in [9.17, 15) is 14.9 Å². The number of ether oxygens (including phenoxy) is 1. The van der Waals surface area contributed by atoms with E-state index in [1.54, 1.807) is 0 Å². The summed E-state index contributed by atoms with van der Waals surface area (Å²) in [6.07, 6.45) is 1.13. The molecule has 1 unspecified atom stereocenters. The first kappa shape index (κ1) is 13.9. The Hall–Kier alpha value is -2.49. The van der Waals surface area contributed by atoms with Gasteiger partial charge < -0.3 is 20.7 Å². The van der Waals surface area contributed by atoms with E-state index in [-0.39, 0.29) is 24.1 Å². The second kappa shape index (κ2) is 5.65. The molecule has 3 N–H and O–H groups in total. The Morgan fingerprint density at radius 1 is 1.65 bits per heavy atom. The van der Waals surface area contributed by atoms with Crippen LogP contribution in [-0.4, -0.2) is 53.6 Å². The fraction of sp³-hybridized carbons (Fsp3) is 0.500. The highest BCUT2D eigenvalue weighted by Gasteiger charge is 2.35. The number of carbonyl (C=O) groups excluding carboxylic acids is 1. The minimum atomic E-state index is -0.693. The van der Waals surface area contributed by atoms with Crippen molar-refractivity contribution in [1.29, 1.82) is 0 Å². The lowest BCUT2D eigenvalue weighted by Crippen LogP contribution is -2.53. The maximum atomic E-state index is 11.8. The van der Waals surface area contributed by atoms with Gasteiger partial charge >= 0.3 is 5.69 Å². The number of aromatic nitrogens is 2. The van der Waals surface area contributed by atoms with E-state index in [0.29, 0.717) is 13.2 Å². The standard InChI is InChI=1S/C10H14N6O4/c1-12-10(17)6-4-20-3-2-15(6)9-7(16(18)19)8(11)13-5-14-9/h5-6H,2-4H2,1H3,(H,12,17)(H2,11,13,14). The Labute approximate surface area is 114 Å². The molecule has 0 saturated carbocycles. The van der Waals surface area contributed by atoms with E-state index in [1.165, 1.54) is 11.9 Å². The molecule has 0 radical (unpaired) electrons. The zero-order valence-electron chi connectivity index (χ0n) is 10.8. The zero-order chi connectivity index (χ0) is 14.7. The molecule has 10 heteroatoms. The zero-order valence-corrected chi connectivity index (χ0v) is 10.8. The summed E-state index contributed by atoms with van der Waals surface area (Å²) in [7, 11) is 1.48. The average molecular weight is 282 g/mol. The quantitative estimate of drug-likeness (QED) is 0.527. The van der Waals surface area contributed by atoms with Crippen LogP contribution >= 0.6 is 0 Å². The van der Waals surface area contributed by atoms with Crippen molar-refractivity contribution in [3.05, 3.63) is 16.4 Å². The topological polar surface area (TPSA) is 137 Å². The van der Waals surface area contributed by atoms with Crippen molar-refractivity contribution in [2.24, 2.45) is 0 Å². The number of amides is 1. The number of rotatable bonds is 3. The fourth-order valence-corrected chi connectivity index (χ4v) is 2.01. The van der Waals surface area contributed by atoms with Crippen LogP contribution in [0, 0.1) is 10.1 Å². The first-order valence-corrected chi connectivity index (χ1v) is 5.87. The van der Waals surface area contributed by atoms with Gasteiger partial charge in [0.05, 0.1) is 18.1 Å². The minimum Gasteiger partial charge on any atom is -0.378 e. The van der Waals surface area contributed by atoms with Gasteiger partial charge in [0, 0.05) is 13.6 Å². The molecule has 20 heavy (non-hydrogen) atoms. The summed E-state index contributed by atoms with van der Waals surface area (Å²) in [5, 5.41) is 13.6. The first-order valence-electron chi connectivity index (χ1n) is 5.87. The van der Waals surface area contributed by atoms with Crippen LogP contribution in [-0.2, 0) is 9.53 Å². The number of hydrogen-bond acceptors (Lipinski definition) is 8. The predicted octanol–water partition coefficient (Wildman–Crippen LogP) is -1.08. The van der Waals surface area contributed by atoms with E-state index in [0.717, 1.165) is 6.33 Å². The van der Waals surface area contributed by atoms with Gasteiger partial charge in [-0.05, 0) is 0 Å². The molecule has 1 fully saturated rings. The molecular formula is C10H14N6O4. The first-order chi connectivity index (χ1) is 9.56. The van der Waals surface area contributed by atoms with Gasteiger partial charge in [-0.15, -0.1) is 0 Å². The number of hydrogen-bond donors (Lipinski definition) is 2. The maximum Gasteiger partial charge on any atom is 0.353 e. The third-order valence-corrected chi connectivity index (χ3v) is 2.96. The minimum absolute atomic E-state index is 0.0272. The van der Waals surface area contributed by atoms with E-state index >= 15 is 0 Å². The molecule has 108 valence electrons. The smallest absolute Gasteiger partial charge is 0.353 e. The van der Waals surface area contributed by atoms with Gasteiger partial charge in [-0.2, -0.15) is 0 Å². The third-order valence-electron chi connectivity index (χ3n) is 2.96. The van der Waals surface area contributed by atoms with Gasteiger partial charge in [-0.3, -0.25) is 14.9 Å². The van der Waals surface area contributed by atoms with E-state index < -0.39 is 16.7 Å². The highest BCUT2D eigenvalue weighted by Crippen LogP contribution is 2.31. The lowest BCUT2D eigenvalue weighted by Gasteiger charge is -2.34. The highest BCUT2D eigenvalue weighted by molar-refractivity contribution is 5.86. The Morgan fingerprint density at radius 2 is 2.40 bits per heavy atom. The Balaban J connectivity index is 2.45. The van der Waals surface area contributed by atoms with Crippen molar-refractivity contribution in [3.63, 3.8) is 0 Å². The number of morpholine rings is 1. The molecule has 1 atom stereocenters. The number of nitrogens with two attached hydrogens (primary N) is 1. The number of nitrogens with zero attached hydrogens (tertiary/aromatic N) is 4. The molecule has 0 aromatic carbocycles. The van der Waals surface area contributed by atoms with Crippen molar-refractivity contribution < 1.29 is 14.5 Å².